The Morgan fingerprint density at radius 2 is 1.90 bits per heavy atom. The average molecular weight is 407 g/mol. The fraction of sp³-hybridized carbons (Fsp3) is 0.227. The summed E-state index contributed by atoms with van der Waals surface area (Å²) in [7, 11) is 3.95. The number of hydrogen-bond acceptors (Lipinski definition) is 5. The predicted octanol–water partition coefficient (Wildman–Crippen LogP) is 3.44. The van der Waals surface area contributed by atoms with Crippen LogP contribution in [0.2, 0.25) is 0 Å². The zero-order valence-electron chi connectivity index (χ0n) is 17.3. The van der Waals surface area contributed by atoms with E-state index in [0.717, 1.165) is 11.3 Å². The number of aromatic nitrogens is 2. The first-order valence-electron chi connectivity index (χ1n) is 9.60. The molecule has 1 aromatic heterocycles. The van der Waals surface area contributed by atoms with Crippen LogP contribution < -0.4 is 15.5 Å². The van der Waals surface area contributed by atoms with Gasteiger partial charge in [-0.25, -0.2) is 14.3 Å². The van der Waals surface area contributed by atoms with Gasteiger partial charge < -0.3 is 20.3 Å². The molecule has 30 heavy (non-hydrogen) atoms. The highest BCUT2D eigenvalue weighted by molar-refractivity contribution is 5.89. The number of urea groups is 1. The number of ether oxygens (including phenoxy) is 1. The van der Waals surface area contributed by atoms with E-state index in [9.17, 15) is 9.59 Å². The topological polar surface area (TPSA) is 88.5 Å². The summed E-state index contributed by atoms with van der Waals surface area (Å²) in [5.41, 5.74) is 3.63. The van der Waals surface area contributed by atoms with Gasteiger partial charge in [0.25, 0.3) is 0 Å². The van der Waals surface area contributed by atoms with Gasteiger partial charge in [0, 0.05) is 38.2 Å². The number of carbonyl (C=O) groups excluding carboxylic acids is 2. The molecule has 0 unspecified atom stereocenters. The molecule has 2 N–H and O–H groups in total. The fourth-order valence-corrected chi connectivity index (χ4v) is 2.81. The van der Waals surface area contributed by atoms with Crippen LogP contribution in [0.1, 0.15) is 23.0 Å². The summed E-state index contributed by atoms with van der Waals surface area (Å²) in [6.45, 7) is 2.45. The molecule has 3 aromatic rings. The second-order valence-electron chi connectivity index (χ2n) is 6.79. The number of anilines is 2. The maximum atomic E-state index is 12.3. The monoisotopic (exact) mass is 407 g/mol. The summed E-state index contributed by atoms with van der Waals surface area (Å²) in [4.78, 5) is 26.1. The molecule has 8 nitrogen and oxygen atoms in total. The molecule has 0 saturated carbocycles. The van der Waals surface area contributed by atoms with Gasteiger partial charge in [0.2, 0.25) is 0 Å². The molecule has 0 aliphatic carbocycles. The van der Waals surface area contributed by atoms with Gasteiger partial charge in [-0.05, 0) is 48.9 Å². The van der Waals surface area contributed by atoms with E-state index in [2.05, 4.69) is 15.7 Å². The molecule has 0 aliphatic rings. The molecule has 0 bridgehead atoms. The van der Waals surface area contributed by atoms with E-state index in [1.165, 1.54) is 0 Å². The van der Waals surface area contributed by atoms with Gasteiger partial charge in [-0.15, -0.1) is 0 Å². The lowest BCUT2D eigenvalue weighted by Crippen LogP contribution is -2.28. The van der Waals surface area contributed by atoms with Gasteiger partial charge in [0.15, 0.2) is 5.69 Å². The van der Waals surface area contributed by atoms with E-state index in [-0.39, 0.29) is 11.7 Å². The van der Waals surface area contributed by atoms with Crippen molar-refractivity contribution in [3.05, 3.63) is 72.1 Å². The third-order valence-electron chi connectivity index (χ3n) is 4.32. The molecule has 0 saturated heterocycles. The highest BCUT2D eigenvalue weighted by atomic mass is 16.5. The second kappa shape index (κ2) is 9.60. The van der Waals surface area contributed by atoms with E-state index in [4.69, 9.17) is 4.74 Å². The summed E-state index contributed by atoms with van der Waals surface area (Å²) in [6.07, 6.45) is 1.67. The first kappa shape index (κ1) is 20.9. The van der Waals surface area contributed by atoms with E-state index in [0.29, 0.717) is 24.5 Å². The fourth-order valence-electron chi connectivity index (χ4n) is 2.81. The lowest BCUT2D eigenvalue weighted by molar-refractivity contribution is 0.0519. The minimum atomic E-state index is -0.469. The number of nitrogens with one attached hydrogen (secondary N) is 2. The zero-order valence-corrected chi connectivity index (χ0v) is 17.3. The number of benzene rings is 2. The SMILES string of the molecule is CCOC(=O)c1ccn(-c2cccc(NC(=O)NCc3cccc(N(C)C)c3)c2)n1. The smallest absolute Gasteiger partial charge is 0.358 e. The van der Waals surface area contributed by atoms with E-state index >= 15 is 0 Å². The van der Waals surface area contributed by atoms with E-state index in [1.807, 2.05) is 49.3 Å². The molecular weight excluding hydrogens is 382 g/mol. The summed E-state index contributed by atoms with van der Waals surface area (Å²) in [5, 5.41) is 9.90. The number of esters is 1. The number of rotatable bonds is 7. The number of nitrogens with zero attached hydrogens (tertiary/aromatic N) is 3. The quantitative estimate of drug-likeness (QED) is 0.586. The maximum Gasteiger partial charge on any atom is 0.358 e. The Labute approximate surface area is 175 Å². The van der Waals surface area contributed by atoms with Gasteiger partial charge >= 0.3 is 12.0 Å². The van der Waals surface area contributed by atoms with Crippen molar-refractivity contribution in [1.29, 1.82) is 0 Å². The first-order chi connectivity index (χ1) is 14.5. The van der Waals surface area contributed by atoms with Gasteiger partial charge in [0.1, 0.15) is 0 Å². The molecule has 2 aromatic carbocycles. The Bertz CT molecular complexity index is 1030. The third kappa shape index (κ3) is 5.38. The molecule has 0 atom stereocenters. The van der Waals surface area contributed by atoms with Gasteiger partial charge in [-0.1, -0.05) is 18.2 Å². The van der Waals surface area contributed by atoms with Crippen molar-refractivity contribution < 1.29 is 14.3 Å². The Morgan fingerprint density at radius 3 is 2.67 bits per heavy atom. The van der Waals surface area contributed by atoms with Crippen molar-refractivity contribution in [2.45, 2.75) is 13.5 Å². The van der Waals surface area contributed by atoms with Crippen LogP contribution in [0.3, 0.4) is 0 Å². The molecule has 0 spiro atoms. The Morgan fingerprint density at radius 1 is 1.10 bits per heavy atom. The van der Waals surface area contributed by atoms with Crippen molar-refractivity contribution in [2.75, 3.05) is 30.9 Å². The average Bonchev–Trinajstić information content (AvgIpc) is 3.23. The Kier molecular flexibility index (Phi) is 6.69. The van der Waals surface area contributed by atoms with Crippen LogP contribution in [-0.2, 0) is 11.3 Å². The lowest BCUT2D eigenvalue weighted by Gasteiger charge is -2.14. The summed E-state index contributed by atoms with van der Waals surface area (Å²) >= 11 is 0. The van der Waals surface area contributed by atoms with Gasteiger partial charge in [-0.2, -0.15) is 5.10 Å². The lowest BCUT2D eigenvalue weighted by atomic mass is 10.2. The van der Waals surface area contributed by atoms with Crippen LogP contribution in [0, 0.1) is 0 Å². The van der Waals surface area contributed by atoms with Crippen molar-refractivity contribution in [3.8, 4) is 5.69 Å². The minimum Gasteiger partial charge on any atom is -0.461 e. The maximum absolute atomic E-state index is 12.3. The molecule has 2 amide bonds. The normalized spacial score (nSPS) is 10.4. The van der Waals surface area contributed by atoms with Crippen molar-refractivity contribution in [1.82, 2.24) is 15.1 Å². The van der Waals surface area contributed by atoms with E-state index in [1.54, 1.807) is 42.1 Å². The highest BCUT2D eigenvalue weighted by Crippen LogP contribution is 2.16. The third-order valence-corrected chi connectivity index (χ3v) is 4.32. The summed E-state index contributed by atoms with van der Waals surface area (Å²) in [6, 6.07) is 16.4. The first-order valence-corrected chi connectivity index (χ1v) is 9.60. The summed E-state index contributed by atoms with van der Waals surface area (Å²) < 4.78 is 6.51. The molecule has 0 aliphatic heterocycles. The molecule has 1 heterocycles. The van der Waals surface area contributed by atoms with Crippen LogP contribution in [0.5, 0.6) is 0 Å². The molecule has 0 fully saturated rings. The van der Waals surface area contributed by atoms with Crippen LogP contribution >= 0.6 is 0 Å². The van der Waals surface area contributed by atoms with Crippen molar-refractivity contribution in [2.24, 2.45) is 0 Å². The predicted molar refractivity (Wildman–Crippen MR) is 116 cm³/mol. The van der Waals surface area contributed by atoms with Crippen molar-refractivity contribution in [3.63, 3.8) is 0 Å². The Balaban J connectivity index is 1.62. The standard InChI is InChI=1S/C22H25N5O3/c1-4-30-21(28)20-11-12-27(25-20)19-10-6-8-17(14-19)24-22(29)23-15-16-7-5-9-18(13-16)26(2)3/h5-14H,4,15H2,1-3H3,(H2,23,24,29). The molecule has 156 valence electrons. The molecular formula is C22H25N5O3. The zero-order chi connectivity index (χ0) is 21.5. The van der Waals surface area contributed by atoms with Crippen LogP contribution in [0.25, 0.3) is 5.69 Å². The number of hydrogen-bond donors (Lipinski definition) is 2. The van der Waals surface area contributed by atoms with E-state index < -0.39 is 5.97 Å². The van der Waals surface area contributed by atoms with Crippen LogP contribution in [-0.4, -0.2) is 42.5 Å². The Hall–Kier alpha value is -3.81. The molecule has 0 radical (unpaired) electrons. The minimum absolute atomic E-state index is 0.230. The molecule has 3 rings (SSSR count). The molecule has 8 heteroatoms. The summed E-state index contributed by atoms with van der Waals surface area (Å²) in [5.74, 6) is -0.469. The van der Waals surface area contributed by atoms with Gasteiger partial charge in [-0.3, -0.25) is 0 Å². The van der Waals surface area contributed by atoms with Gasteiger partial charge in [0.05, 0.1) is 12.3 Å². The highest BCUT2D eigenvalue weighted by Gasteiger charge is 2.11. The second-order valence-corrected chi connectivity index (χ2v) is 6.79. The van der Waals surface area contributed by atoms with Crippen LogP contribution in [0.15, 0.2) is 60.8 Å². The largest absolute Gasteiger partial charge is 0.461 e. The van der Waals surface area contributed by atoms with Crippen molar-refractivity contribution >= 4 is 23.4 Å². The number of amides is 2. The number of carbonyl (C=O) groups is 2. The van der Waals surface area contributed by atoms with Crippen LogP contribution in [0.4, 0.5) is 16.2 Å².